The maximum atomic E-state index is 12.1. The molecule has 0 aliphatic heterocycles. The predicted molar refractivity (Wildman–Crippen MR) is 114 cm³/mol. The summed E-state index contributed by atoms with van der Waals surface area (Å²) in [5, 5.41) is 7.32. The van der Waals surface area contributed by atoms with Gasteiger partial charge >= 0.3 is 6.18 Å². The summed E-state index contributed by atoms with van der Waals surface area (Å²) in [5.41, 5.74) is 0.758. The number of pyridine rings is 1. The zero-order valence-electron chi connectivity index (χ0n) is 15.5. The minimum atomic E-state index is -4.38. The number of aryl methyl sites for hydroxylation is 1. The van der Waals surface area contributed by atoms with Gasteiger partial charge in [0.2, 0.25) is 5.88 Å². The molecule has 0 bridgehead atoms. The van der Waals surface area contributed by atoms with Crippen LogP contribution >= 0.6 is 35.3 Å². The van der Waals surface area contributed by atoms with Crippen molar-refractivity contribution < 1.29 is 17.9 Å². The molecule has 2 N–H and O–H groups in total. The molecule has 0 aliphatic rings. The van der Waals surface area contributed by atoms with Crippen LogP contribution in [0.3, 0.4) is 0 Å². The number of alkyl halides is 3. The summed E-state index contributed by atoms with van der Waals surface area (Å²) in [5.74, 6) is 0.559. The first kappa shape index (κ1) is 24.4. The largest absolute Gasteiger partial charge is 0.468 e. The Morgan fingerprint density at radius 3 is 2.54 bits per heavy atom. The quantitative estimate of drug-likeness (QED) is 0.308. The second kappa shape index (κ2) is 12.0. The van der Waals surface area contributed by atoms with E-state index in [4.69, 9.17) is 0 Å². The van der Waals surface area contributed by atoms with E-state index in [-0.39, 0.29) is 29.9 Å². The topological polar surface area (TPSA) is 71.4 Å². The van der Waals surface area contributed by atoms with Gasteiger partial charge in [0.05, 0.1) is 13.1 Å². The number of thiazole rings is 1. The molecular weight excluding hydrogens is 506 g/mol. The zero-order chi connectivity index (χ0) is 19.7. The van der Waals surface area contributed by atoms with Crippen LogP contribution in [-0.4, -0.2) is 35.3 Å². The number of ether oxygens (including phenoxy) is 1. The average molecular weight is 529 g/mol. The van der Waals surface area contributed by atoms with E-state index in [9.17, 15) is 13.2 Å². The molecule has 11 heteroatoms. The van der Waals surface area contributed by atoms with Crippen LogP contribution < -0.4 is 15.4 Å². The molecule has 0 fully saturated rings. The fourth-order valence-corrected chi connectivity index (χ4v) is 2.81. The lowest BCUT2D eigenvalue weighted by molar-refractivity contribution is -0.154. The van der Waals surface area contributed by atoms with Gasteiger partial charge in [-0.3, -0.25) is 0 Å². The lowest BCUT2D eigenvalue weighted by Crippen LogP contribution is -2.36. The molecule has 0 amide bonds. The van der Waals surface area contributed by atoms with Crippen molar-refractivity contribution in [1.82, 2.24) is 20.6 Å². The van der Waals surface area contributed by atoms with Crippen molar-refractivity contribution in [3.63, 3.8) is 0 Å². The van der Waals surface area contributed by atoms with Crippen molar-refractivity contribution >= 4 is 41.3 Å². The monoisotopic (exact) mass is 529 g/mol. The highest BCUT2D eigenvalue weighted by atomic mass is 127. The van der Waals surface area contributed by atoms with Gasteiger partial charge in [-0.05, 0) is 18.9 Å². The van der Waals surface area contributed by atoms with Crippen molar-refractivity contribution in [1.29, 1.82) is 0 Å². The number of aliphatic imine (C=N–C) groups is 1. The standard InChI is InChI=1S/C17H22F3N5OS.HI/c1-3-13-9-23-15(27-13)10-25-16(21-4-2)24-8-12-5-6-14(22-7-12)26-11-17(18,19)20;/h5-7,9H,3-4,8,10-11H2,1-2H3,(H2,21,24,25);1H. The highest BCUT2D eigenvalue weighted by Crippen LogP contribution is 2.17. The lowest BCUT2D eigenvalue weighted by Gasteiger charge is -2.10. The molecule has 0 unspecified atom stereocenters. The summed E-state index contributed by atoms with van der Waals surface area (Å²) in [7, 11) is 0. The molecule has 0 aliphatic carbocycles. The van der Waals surface area contributed by atoms with Gasteiger partial charge in [0.15, 0.2) is 12.6 Å². The first-order valence-electron chi connectivity index (χ1n) is 8.50. The van der Waals surface area contributed by atoms with Crippen LogP contribution in [0.4, 0.5) is 13.2 Å². The summed E-state index contributed by atoms with van der Waals surface area (Å²) >= 11 is 1.65. The Bertz CT molecular complexity index is 737. The molecule has 2 aromatic rings. The first-order chi connectivity index (χ1) is 12.9. The summed E-state index contributed by atoms with van der Waals surface area (Å²) < 4.78 is 41.0. The second-order valence-corrected chi connectivity index (χ2v) is 6.73. The summed E-state index contributed by atoms with van der Waals surface area (Å²) in [6, 6.07) is 3.04. The number of hydrogen-bond donors (Lipinski definition) is 2. The van der Waals surface area contributed by atoms with Crippen LogP contribution in [0.25, 0.3) is 0 Å². The molecular formula is C17H23F3IN5OS. The molecule has 6 nitrogen and oxygen atoms in total. The summed E-state index contributed by atoms with van der Waals surface area (Å²) in [6.45, 7) is 4.29. The van der Waals surface area contributed by atoms with Gasteiger partial charge in [0.1, 0.15) is 5.01 Å². The number of hydrogen-bond acceptors (Lipinski definition) is 5. The highest BCUT2D eigenvalue weighted by molar-refractivity contribution is 14.0. The van der Waals surface area contributed by atoms with Crippen LogP contribution in [-0.2, 0) is 19.5 Å². The Morgan fingerprint density at radius 2 is 1.96 bits per heavy atom. The van der Waals surface area contributed by atoms with Crippen LogP contribution in [0.1, 0.15) is 29.3 Å². The fraction of sp³-hybridized carbons (Fsp3) is 0.471. The van der Waals surface area contributed by atoms with Crippen LogP contribution in [0, 0.1) is 0 Å². The Hall–Kier alpha value is -1.63. The van der Waals surface area contributed by atoms with Gasteiger partial charge < -0.3 is 15.4 Å². The molecule has 0 saturated carbocycles. The number of halogens is 4. The van der Waals surface area contributed by atoms with Gasteiger partial charge in [-0.15, -0.1) is 35.3 Å². The molecule has 2 heterocycles. The number of nitrogens with zero attached hydrogens (tertiary/aromatic N) is 3. The van der Waals surface area contributed by atoms with E-state index >= 15 is 0 Å². The van der Waals surface area contributed by atoms with Crippen LogP contribution in [0.2, 0.25) is 0 Å². The summed E-state index contributed by atoms with van der Waals surface area (Å²) in [6.07, 6.45) is -0.0964. The summed E-state index contributed by atoms with van der Waals surface area (Å²) in [4.78, 5) is 13.9. The third-order valence-electron chi connectivity index (χ3n) is 3.30. The second-order valence-electron chi connectivity index (χ2n) is 5.53. The van der Waals surface area contributed by atoms with E-state index in [0.29, 0.717) is 25.6 Å². The van der Waals surface area contributed by atoms with E-state index in [1.165, 1.54) is 17.1 Å². The maximum absolute atomic E-state index is 12.1. The average Bonchev–Trinajstić information content (AvgIpc) is 3.10. The molecule has 2 rings (SSSR count). The molecule has 156 valence electrons. The van der Waals surface area contributed by atoms with Gasteiger partial charge in [0.25, 0.3) is 0 Å². The molecule has 28 heavy (non-hydrogen) atoms. The minimum Gasteiger partial charge on any atom is -0.468 e. The molecule has 0 aromatic carbocycles. The number of nitrogens with one attached hydrogen (secondary N) is 2. The van der Waals surface area contributed by atoms with E-state index < -0.39 is 12.8 Å². The normalized spacial score (nSPS) is 11.7. The fourth-order valence-electron chi connectivity index (χ4n) is 2.01. The van der Waals surface area contributed by atoms with Crippen molar-refractivity contribution in [3.8, 4) is 5.88 Å². The van der Waals surface area contributed by atoms with Gasteiger partial charge in [-0.2, -0.15) is 13.2 Å². The van der Waals surface area contributed by atoms with E-state index in [0.717, 1.165) is 17.0 Å². The van der Waals surface area contributed by atoms with Crippen LogP contribution in [0.5, 0.6) is 5.88 Å². The number of aromatic nitrogens is 2. The minimum absolute atomic E-state index is 0. The maximum Gasteiger partial charge on any atom is 0.422 e. The molecule has 0 saturated heterocycles. The van der Waals surface area contributed by atoms with Crippen molar-refractivity contribution in [2.75, 3.05) is 13.2 Å². The Kier molecular flexibility index (Phi) is 10.5. The van der Waals surface area contributed by atoms with Gasteiger partial charge in [0, 0.05) is 29.9 Å². The smallest absolute Gasteiger partial charge is 0.422 e. The molecule has 0 atom stereocenters. The third-order valence-corrected chi connectivity index (χ3v) is 4.44. The lowest BCUT2D eigenvalue weighted by atomic mass is 10.3. The highest BCUT2D eigenvalue weighted by Gasteiger charge is 2.28. The van der Waals surface area contributed by atoms with Crippen molar-refractivity contribution in [2.24, 2.45) is 4.99 Å². The number of rotatable bonds is 8. The van der Waals surface area contributed by atoms with Gasteiger partial charge in [-0.25, -0.2) is 15.0 Å². The van der Waals surface area contributed by atoms with Crippen molar-refractivity contribution in [2.45, 2.75) is 39.5 Å². The number of guanidine groups is 1. The predicted octanol–water partition coefficient (Wildman–Crippen LogP) is 3.91. The molecule has 2 aromatic heterocycles. The zero-order valence-corrected chi connectivity index (χ0v) is 18.7. The Balaban J connectivity index is 0.00000392. The van der Waals surface area contributed by atoms with Crippen LogP contribution in [0.15, 0.2) is 29.5 Å². The van der Waals surface area contributed by atoms with E-state index in [2.05, 4.69) is 37.3 Å². The van der Waals surface area contributed by atoms with Gasteiger partial charge in [-0.1, -0.05) is 13.0 Å². The third kappa shape index (κ3) is 9.04. The first-order valence-corrected chi connectivity index (χ1v) is 9.31. The van der Waals surface area contributed by atoms with Crippen molar-refractivity contribution in [3.05, 3.63) is 40.0 Å². The van der Waals surface area contributed by atoms with E-state index in [1.54, 1.807) is 17.4 Å². The SMILES string of the molecule is CCNC(=NCc1ccc(OCC(F)(F)F)nc1)NCc1ncc(CC)s1.I. The Labute approximate surface area is 183 Å². The molecule has 0 radical (unpaired) electrons. The van der Waals surface area contributed by atoms with E-state index in [1.807, 2.05) is 13.1 Å². The molecule has 0 spiro atoms. The Morgan fingerprint density at radius 1 is 1.18 bits per heavy atom.